The number of carbonyl (C=O) groups is 1. The van der Waals surface area contributed by atoms with Crippen LogP contribution >= 0.6 is 24.4 Å². The molecule has 3 aromatic carbocycles. The summed E-state index contributed by atoms with van der Waals surface area (Å²) in [6.07, 6.45) is 0. The maximum absolute atomic E-state index is 13.8. The van der Waals surface area contributed by atoms with E-state index in [1.54, 1.807) is 11.0 Å². The van der Waals surface area contributed by atoms with Crippen molar-refractivity contribution in [1.82, 2.24) is 4.90 Å². The van der Waals surface area contributed by atoms with Crippen LogP contribution in [0.1, 0.15) is 19.4 Å². The van der Waals surface area contributed by atoms with Gasteiger partial charge in [0.15, 0.2) is 5.17 Å². The quantitative estimate of drug-likeness (QED) is 0.150. The number of rotatable bonds is 8. The van der Waals surface area contributed by atoms with Gasteiger partial charge >= 0.3 is 0 Å². The Bertz CT molecular complexity index is 1390. The van der Waals surface area contributed by atoms with Crippen molar-refractivity contribution in [2.75, 3.05) is 23.8 Å². The molecule has 0 aliphatic carbocycles. The predicted octanol–water partition coefficient (Wildman–Crippen LogP) is 6.45. The number of para-hydroxylation sites is 1. The van der Waals surface area contributed by atoms with E-state index in [-0.39, 0.29) is 11.6 Å². The molecule has 37 heavy (non-hydrogen) atoms. The molecule has 1 aliphatic heterocycles. The summed E-state index contributed by atoms with van der Waals surface area (Å²) in [6, 6.07) is 21.8. The van der Waals surface area contributed by atoms with Gasteiger partial charge in [0, 0.05) is 36.3 Å². The predicted molar refractivity (Wildman–Crippen MR) is 154 cm³/mol. The highest BCUT2D eigenvalue weighted by Crippen LogP contribution is 2.40. The van der Waals surface area contributed by atoms with Crippen molar-refractivity contribution in [3.63, 3.8) is 0 Å². The second kappa shape index (κ2) is 11.5. The van der Waals surface area contributed by atoms with E-state index < -0.39 is 4.92 Å². The lowest BCUT2D eigenvalue weighted by Crippen LogP contribution is -2.29. The number of amidine groups is 1. The van der Waals surface area contributed by atoms with Crippen LogP contribution in [0.5, 0.6) is 0 Å². The number of anilines is 2. The highest BCUT2D eigenvalue weighted by atomic mass is 32.2. The summed E-state index contributed by atoms with van der Waals surface area (Å²) in [6.45, 7) is 4.77. The number of hydrogen-bond donors (Lipinski definition) is 2. The van der Waals surface area contributed by atoms with Crippen LogP contribution in [-0.2, 0) is 11.3 Å². The minimum atomic E-state index is -0.451. The van der Waals surface area contributed by atoms with Crippen molar-refractivity contribution in [2.24, 2.45) is 4.99 Å². The van der Waals surface area contributed by atoms with Crippen LogP contribution in [0, 0.1) is 10.1 Å². The second-order valence-electron chi connectivity index (χ2n) is 8.32. The Hall–Kier alpha value is -3.76. The summed E-state index contributed by atoms with van der Waals surface area (Å²) in [5, 5.41) is 15.1. The number of non-ortho nitro benzene ring substituents is 1. The maximum atomic E-state index is 13.8. The number of amides is 1. The van der Waals surface area contributed by atoms with Gasteiger partial charge in [-0.3, -0.25) is 19.8 Å². The summed E-state index contributed by atoms with van der Waals surface area (Å²) >= 11 is 5.83. The number of benzene rings is 3. The molecule has 10 heteroatoms. The molecule has 4 rings (SSSR count). The zero-order valence-electron chi connectivity index (χ0n) is 20.7. The minimum absolute atomic E-state index is 0.0676. The first kappa shape index (κ1) is 26.3. The molecule has 1 aliphatic rings. The van der Waals surface area contributed by atoms with E-state index in [1.165, 1.54) is 23.9 Å². The highest BCUT2D eigenvalue weighted by molar-refractivity contribution is 8.18. The Balaban J connectivity index is 1.81. The molecule has 0 bridgehead atoms. The SMILES string of the molecule is CCNc1ccc([N+](=O)[O-])cc1N=C1S/C(=C(\C)N(C)c2ccccc2S)C(=O)N1Cc1ccccc1. The lowest BCUT2D eigenvalue weighted by Gasteiger charge is -2.22. The van der Waals surface area contributed by atoms with Crippen molar-refractivity contribution in [3.8, 4) is 0 Å². The molecule has 1 heterocycles. The van der Waals surface area contributed by atoms with E-state index in [0.717, 1.165) is 21.8 Å². The van der Waals surface area contributed by atoms with E-state index >= 15 is 0 Å². The Morgan fingerprint density at radius 2 is 1.84 bits per heavy atom. The molecule has 1 fully saturated rings. The Labute approximate surface area is 225 Å². The largest absolute Gasteiger partial charge is 0.384 e. The number of nitrogens with zero attached hydrogens (tertiary/aromatic N) is 4. The van der Waals surface area contributed by atoms with Crippen LogP contribution in [0.25, 0.3) is 0 Å². The fourth-order valence-electron chi connectivity index (χ4n) is 3.87. The van der Waals surface area contributed by atoms with Gasteiger partial charge in [-0.15, -0.1) is 12.6 Å². The van der Waals surface area contributed by atoms with E-state index in [1.807, 2.05) is 80.4 Å². The fourth-order valence-corrected chi connectivity index (χ4v) is 5.24. The number of thiol groups is 1. The zero-order chi connectivity index (χ0) is 26.5. The molecule has 1 N–H and O–H groups in total. The second-order valence-corrected chi connectivity index (χ2v) is 9.78. The van der Waals surface area contributed by atoms with Gasteiger partial charge in [0.1, 0.15) is 0 Å². The first-order valence-electron chi connectivity index (χ1n) is 11.7. The number of allylic oxidation sites excluding steroid dienone is 1. The number of aliphatic imine (C=N–C) groups is 1. The smallest absolute Gasteiger partial charge is 0.271 e. The van der Waals surface area contributed by atoms with E-state index in [4.69, 9.17) is 4.99 Å². The van der Waals surface area contributed by atoms with Crippen LogP contribution in [0.15, 0.2) is 93.3 Å². The molecular formula is C27H27N5O3S2. The number of carbonyl (C=O) groups excluding carboxylic acids is 1. The van der Waals surface area contributed by atoms with Crippen LogP contribution in [0.4, 0.5) is 22.7 Å². The first-order chi connectivity index (χ1) is 17.8. The molecule has 0 aromatic heterocycles. The average molecular weight is 534 g/mol. The van der Waals surface area contributed by atoms with E-state index in [2.05, 4.69) is 17.9 Å². The van der Waals surface area contributed by atoms with Gasteiger partial charge in [-0.2, -0.15) is 0 Å². The summed E-state index contributed by atoms with van der Waals surface area (Å²) in [7, 11) is 1.89. The molecule has 0 saturated carbocycles. The minimum Gasteiger partial charge on any atom is -0.384 e. The molecular weight excluding hydrogens is 506 g/mol. The molecule has 3 aromatic rings. The Morgan fingerprint density at radius 3 is 2.51 bits per heavy atom. The van der Waals surface area contributed by atoms with Gasteiger partial charge in [-0.25, -0.2) is 4.99 Å². The summed E-state index contributed by atoms with van der Waals surface area (Å²) in [4.78, 5) is 34.4. The van der Waals surface area contributed by atoms with Crippen molar-refractivity contribution >= 4 is 58.2 Å². The molecule has 8 nitrogen and oxygen atoms in total. The van der Waals surface area contributed by atoms with Gasteiger partial charge in [0.05, 0.1) is 33.4 Å². The van der Waals surface area contributed by atoms with Gasteiger partial charge in [-0.1, -0.05) is 42.5 Å². The molecule has 0 atom stereocenters. The van der Waals surface area contributed by atoms with Gasteiger partial charge < -0.3 is 10.2 Å². The van der Waals surface area contributed by atoms with Crippen LogP contribution in [0.2, 0.25) is 0 Å². The van der Waals surface area contributed by atoms with E-state index in [9.17, 15) is 14.9 Å². The Kier molecular flexibility index (Phi) is 8.20. The molecule has 1 saturated heterocycles. The van der Waals surface area contributed by atoms with Gasteiger partial charge in [0.2, 0.25) is 0 Å². The monoisotopic (exact) mass is 533 g/mol. The number of hydrogen-bond acceptors (Lipinski definition) is 8. The lowest BCUT2D eigenvalue weighted by molar-refractivity contribution is -0.384. The molecule has 0 radical (unpaired) electrons. The zero-order valence-corrected chi connectivity index (χ0v) is 22.4. The third-order valence-electron chi connectivity index (χ3n) is 5.90. The molecule has 0 spiro atoms. The van der Waals surface area contributed by atoms with Crippen LogP contribution in [0.3, 0.4) is 0 Å². The van der Waals surface area contributed by atoms with Gasteiger partial charge in [0.25, 0.3) is 11.6 Å². The van der Waals surface area contributed by atoms with Crippen LogP contribution in [-0.4, -0.2) is 34.5 Å². The maximum Gasteiger partial charge on any atom is 0.271 e. The van der Waals surface area contributed by atoms with Crippen molar-refractivity contribution in [1.29, 1.82) is 0 Å². The first-order valence-corrected chi connectivity index (χ1v) is 12.9. The van der Waals surface area contributed by atoms with E-state index in [0.29, 0.717) is 34.5 Å². The number of thioether (sulfide) groups is 1. The van der Waals surface area contributed by atoms with Gasteiger partial charge in [-0.05, 0) is 49.4 Å². The van der Waals surface area contributed by atoms with Crippen molar-refractivity contribution in [3.05, 3.63) is 99.1 Å². The lowest BCUT2D eigenvalue weighted by atomic mass is 10.2. The summed E-state index contributed by atoms with van der Waals surface area (Å²) < 4.78 is 0. The highest BCUT2D eigenvalue weighted by Gasteiger charge is 2.36. The number of nitro benzene ring substituents is 1. The van der Waals surface area contributed by atoms with Crippen molar-refractivity contribution < 1.29 is 9.72 Å². The van der Waals surface area contributed by atoms with Crippen molar-refractivity contribution in [2.45, 2.75) is 25.3 Å². The molecule has 1 amide bonds. The number of nitro groups is 1. The standard InChI is InChI=1S/C27H27N5O3S2/c1-4-28-21-15-14-20(32(34)35)16-22(21)29-27-31(17-19-10-6-5-7-11-19)26(33)25(37-27)18(2)30(3)23-12-8-9-13-24(23)36/h5-16,28,36H,4,17H2,1-3H3/b25-18+,29-27?. The molecule has 190 valence electrons. The fraction of sp³-hybridized carbons (Fsp3) is 0.185. The Morgan fingerprint density at radius 1 is 1.14 bits per heavy atom. The summed E-state index contributed by atoms with van der Waals surface area (Å²) in [5.74, 6) is -0.177. The average Bonchev–Trinajstić information content (AvgIpc) is 3.19. The summed E-state index contributed by atoms with van der Waals surface area (Å²) in [5.41, 5.74) is 3.56. The normalized spacial score (nSPS) is 15.7. The third-order valence-corrected chi connectivity index (χ3v) is 7.44. The molecule has 0 unspecified atom stereocenters. The van der Waals surface area contributed by atoms with Crippen LogP contribution < -0.4 is 10.2 Å². The number of nitrogens with one attached hydrogen (secondary N) is 1. The topological polar surface area (TPSA) is 91.1 Å². The third kappa shape index (κ3) is 5.81.